The summed E-state index contributed by atoms with van der Waals surface area (Å²) < 4.78 is 1.50. The lowest BCUT2D eigenvalue weighted by Gasteiger charge is -2.11. The molecule has 1 N–H and O–H groups in total. The van der Waals surface area contributed by atoms with Crippen LogP contribution in [0.15, 0.2) is 24.4 Å². The minimum atomic E-state index is -0.837. The topological polar surface area (TPSA) is 50.9 Å². The van der Waals surface area contributed by atoms with Gasteiger partial charge in [0, 0.05) is 17.1 Å². The van der Waals surface area contributed by atoms with Crippen LogP contribution in [-0.2, 0) is 7.05 Å². The maximum Gasteiger partial charge on any atom is 0.122 e. The molecule has 1 unspecified atom stereocenters. The summed E-state index contributed by atoms with van der Waals surface area (Å²) in [6, 6.07) is 4.93. The molecular weight excluding hydrogens is 249 g/mol. The van der Waals surface area contributed by atoms with Gasteiger partial charge in [-0.15, -0.1) is 5.10 Å². The monoisotopic (exact) mass is 257 g/mol. The van der Waals surface area contributed by atoms with Crippen molar-refractivity contribution in [2.24, 2.45) is 7.05 Å². The maximum absolute atomic E-state index is 10.1. The van der Waals surface area contributed by atoms with Gasteiger partial charge in [-0.2, -0.15) is 0 Å². The van der Waals surface area contributed by atoms with Gasteiger partial charge >= 0.3 is 0 Å². The van der Waals surface area contributed by atoms with Gasteiger partial charge < -0.3 is 5.11 Å². The lowest BCUT2D eigenvalue weighted by molar-refractivity contribution is 0.210. The molecule has 0 aliphatic carbocycles. The van der Waals surface area contributed by atoms with E-state index in [1.807, 2.05) is 0 Å². The number of benzene rings is 1. The molecule has 0 aliphatic heterocycles. The Bertz CT molecular complexity index is 492. The molecule has 2 aromatic rings. The number of nitrogens with zero attached hydrogens (tertiary/aromatic N) is 3. The second-order valence-electron chi connectivity index (χ2n) is 3.39. The van der Waals surface area contributed by atoms with Crippen LogP contribution in [0, 0.1) is 0 Å². The van der Waals surface area contributed by atoms with Crippen molar-refractivity contribution in [2.75, 3.05) is 0 Å². The Kier molecular flexibility index (Phi) is 3.14. The molecule has 4 nitrogen and oxygen atoms in total. The summed E-state index contributed by atoms with van der Waals surface area (Å²) in [6.45, 7) is 0. The normalized spacial score (nSPS) is 12.8. The van der Waals surface area contributed by atoms with Crippen LogP contribution in [0.2, 0.25) is 10.0 Å². The molecule has 0 fully saturated rings. The highest BCUT2D eigenvalue weighted by Gasteiger charge is 2.15. The third-order valence-corrected chi connectivity index (χ3v) is 2.67. The summed E-state index contributed by atoms with van der Waals surface area (Å²) in [5.74, 6) is 0. The Morgan fingerprint density at radius 3 is 2.38 bits per heavy atom. The summed E-state index contributed by atoms with van der Waals surface area (Å²) in [6.07, 6.45) is 0.663. The highest BCUT2D eigenvalue weighted by molar-refractivity contribution is 6.34. The van der Waals surface area contributed by atoms with Crippen molar-refractivity contribution < 1.29 is 5.11 Å². The fourth-order valence-electron chi connectivity index (χ4n) is 1.45. The van der Waals surface area contributed by atoms with Crippen LogP contribution in [0.3, 0.4) is 0 Å². The van der Waals surface area contributed by atoms with E-state index in [1.54, 1.807) is 25.2 Å². The Labute approximate surface area is 102 Å². The molecule has 1 atom stereocenters. The Morgan fingerprint density at radius 2 is 1.88 bits per heavy atom. The van der Waals surface area contributed by atoms with E-state index >= 15 is 0 Å². The van der Waals surface area contributed by atoms with Gasteiger partial charge in [0.25, 0.3) is 0 Å². The SMILES string of the molecule is Cn1nncc1C(O)c1cc(Cl)cc(Cl)c1. The van der Waals surface area contributed by atoms with Crippen LogP contribution in [0.5, 0.6) is 0 Å². The number of aromatic nitrogens is 3. The van der Waals surface area contributed by atoms with Gasteiger partial charge in [0.1, 0.15) is 6.10 Å². The first kappa shape index (κ1) is 11.4. The first-order valence-electron chi connectivity index (χ1n) is 4.56. The number of aliphatic hydroxyl groups is 1. The number of hydrogen-bond donors (Lipinski definition) is 1. The second-order valence-corrected chi connectivity index (χ2v) is 4.26. The van der Waals surface area contributed by atoms with Crippen LogP contribution >= 0.6 is 23.2 Å². The Hall–Kier alpha value is -1.10. The minimum Gasteiger partial charge on any atom is -0.382 e. The number of aryl methyl sites for hydroxylation is 1. The van der Waals surface area contributed by atoms with E-state index < -0.39 is 6.10 Å². The van der Waals surface area contributed by atoms with Crippen LogP contribution in [-0.4, -0.2) is 20.1 Å². The number of halogens is 2. The number of rotatable bonds is 2. The molecule has 1 aromatic carbocycles. The van der Waals surface area contributed by atoms with E-state index in [0.717, 1.165) is 0 Å². The van der Waals surface area contributed by atoms with Crippen LogP contribution in [0.1, 0.15) is 17.4 Å². The molecule has 1 heterocycles. The lowest BCUT2D eigenvalue weighted by Crippen LogP contribution is -2.06. The minimum absolute atomic E-state index is 0.483. The molecule has 0 spiro atoms. The average Bonchev–Trinajstić information content (AvgIpc) is 2.62. The predicted molar refractivity (Wildman–Crippen MR) is 61.5 cm³/mol. The Morgan fingerprint density at radius 1 is 1.25 bits per heavy atom. The smallest absolute Gasteiger partial charge is 0.122 e. The lowest BCUT2D eigenvalue weighted by atomic mass is 10.1. The van der Waals surface area contributed by atoms with E-state index in [9.17, 15) is 5.11 Å². The molecule has 0 amide bonds. The first-order valence-corrected chi connectivity index (χ1v) is 5.32. The zero-order valence-corrected chi connectivity index (χ0v) is 9.94. The van der Waals surface area contributed by atoms with Crippen molar-refractivity contribution in [1.82, 2.24) is 15.0 Å². The molecular formula is C10H9Cl2N3O. The summed E-state index contributed by atoms with van der Waals surface area (Å²) in [5.41, 5.74) is 1.20. The standard InChI is InChI=1S/C10H9Cl2N3O/c1-15-9(5-13-14-15)10(16)6-2-7(11)4-8(12)3-6/h2-5,10,16H,1H3. The quantitative estimate of drug-likeness (QED) is 0.898. The molecule has 0 saturated carbocycles. The second kappa shape index (κ2) is 4.41. The van der Waals surface area contributed by atoms with E-state index in [0.29, 0.717) is 21.3 Å². The fraction of sp³-hybridized carbons (Fsp3) is 0.200. The van der Waals surface area contributed by atoms with Crippen LogP contribution < -0.4 is 0 Å². The van der Waals surface area contributed by atoms with Crippen molar-refractivity contribution in [3.63, 3.8) is 0 Å². The molecule has 0 bridgehead atoms. The van der Waals surface area contributed by atoms with Gasteiger partial charge in [0.2, 0.25) is 0 Å². The molecule has 0 saturated heterocycles. The van der Waals surface area contributed by atoms with Gasteiger partial charge in [-0.05, 0) is 23.8 Å². The number of aliphatic hydroxyl groups excluding tert-OH is 1. The third-order valence-electron chi connectivity index (χ3n) is 2.23. The summed E-state index contributed by atoms with van der Waals surface area (Å²) in [7, 11) is 1.71. The largest absolute Gasteiger partial charge is 0.382 e. The van der Waals surface area contributed by atoms with E-state index in [1.165, 1.54) is 10.9 Å². The van der Waals surface area contributed by atoms with Crippen molar-refractivity contribution in [3.8, 4) is 0 Å². The summed E-state index contributed by atoms with van der Waals surface area (Å²) in [5, 5.41) is 18.5. The number of hydrogen-bond acceptors (Lipinski definition) is 3. The molecule has 2 rings (SSSR count). The van der Waals surface area contributed by atoms with E-state index in [-0.39, 0.29) is 0 Å². The molecule has 0 radical (unpaired) electrons. The van der Waals surface area contributed by atoms with Gasteiger partial charge in [0.05, 0.1) is 11.9 Å². The fourth-order valence-corrected chi connectivity index (χ4v) is 1.99. The van der Waals surface area contributed by atoms with Crippen LogP contribution in [0.25, 0.3) is 0 Å². The third kappa shape index (κ3) is 2.19. The van der Waals surface area contributed by atoms with Crippen molar-refractivity contribution in [2.45, 2.75) is 6.10 Å². The Balaban J connectivity index is 2.41. The van der Waals surface area contributed by atoms with Gasteiger partial charge in [0.15, 0.2) is 0 Å². The van der Waals surface area contributed by atoms with Crippen molar-refractivity contribution in [1.29, 1.82) is 0 Å². The zero-order valence-electron chi connectivity index (χ0n) is 8.43. The molecule has 16 heavy (non-hydrogen) atoms. The van der Waals surface area contributed by atoms with Crippen molar-refractivity contribution in [3.05, 3.63) is 45.7 Å². The average molecular weight is 258 g/mol. The highest BCUT2D eigenvalue weighted by Crippen LogP contribution is 2.26. The molecule has 0 aliphatic rings. The maximum atomic E-state index is 10.1. The van der Waals surface area contributed by atoms with Crippen molar-refractivity contribution >= 4 is 23.2 Å². The van der Waals surface area contributed by atoms with E-state index in [2.05, 4.69) is 10.3 Å². The predicted octanol–water partition coefficient (Wildman–Crippen LogP) is 2.20. The van der Waals surface area contributed by atoms with Gasteiger partial charge in [-0.25, -0.2) is 4.68 Å². The summed E-state index contributed by atoms with van der Waals surface area (Å²) >= 11 is 11.7. The molecule has 1 aromatic heterocycles. The van der Waals surface area contributed by atoms with Gasteiger partial charge in [-0.1, -0.05) is 28.4 Å². The zero-order chi connectivity index (χ0) is 11.7. The highest BCUT2D eigenvalue weighted by atomic mass is 35.5. The van der Waals surface area contributed by atoms with Gasteiger partial charge in [-0.3, -0.25) is 0 Å². The van der Waals surface area contributed by atoms with E-state index in [4.69, 9.17) is 23.2 Å². The summed E-state index contributed by atoms with van der Waals surface area (Å²) in [4.78, 5) is 0. The first-order chi connectivity index (χ1) is 7.58. The molecule has 6 heteroatoms. The van der Waals surface area contributed by atoms with Crippen LogP contribution in [0.4, 0.5) is 0 Å². The molecule has 84 valence electrons.